The van der Waals surface area contributed by atoms with E-state index in [2.05, 4.69) is 9.97 Å². The molecule has 5 rings (SSSR count). The van der Waals surface area contributed by atoms with E-state index in [4.69, 9.17) is 4.74 Å². The summed E-state index contributed by atoms with van der Waals surface area (Å²) in [6.45, 7) is 1.56. The minimum atomic E-state index is -0.715. The van der Waals surface area contributed by atoms with Gasteiger partial charge in [0.2, 0.25) is 5.88 Å². The first-order chi connectivity index (χ1) is 17.8. The molecule has 194 valence electrons. The topological polar surface area (TPSA) is 116 Å². The molecule has 3 aromatic rings. The number of aliphatic hydroxyl groups excluding tert-OH is 1. The summed E-state index contributed by atoms with van der Waals surface area (Å²) in [6.07, 6.45) is 3.67. The predicted molar refractivity (Wildman–Crippen MR) is 133 cm³/mol. The lowest BCUT2D eigenvalue weighted by Crippen LogP contribution is -2.39. The smallest absolute Gasteiger partial charge is 0.295 e. The number of rotatable bonds is 6. The van der Waals surface area contributed by atoms with E-state index in [1.54, 1.807) is 23.1 Å². The lowest BCUT2D eigenvalue weighted by Gasteiger charge is -2.32. The summed E-state index contributed by atoms with van der Waals surface area (Å²) in [5.74, 6) is -1.38. The molecule has 2 aliphatic heterocycles. The number of hydrogen-bond donors (Lipinski definition) is 2. The van der Waals surface area contributed by atoms with Crippen LogP contribution in [0.3, 0.4) is 0 Å². The number of β-amino-alcohol motifs (C(OH)–C–C–N with tert-alkyl or cyclic N) is 1. The van der Waals surface area contributed by atoms with Crippen molar-refractivity contribution < 1.29 is 28.6 Å². The standard InChI is InChI=1S/C27H29FN4O5/c1-37-25-21(26(35)31-9-6-17(7-10-31)12-16-2-4-18(28)5-3-16)13-20-22(14-29-24(20)30-25)23(34)27(36)32-11-8-19(33)15-32/h2-5,13-14,17,19,33H,6-12,15H2,1H3,(H,29,30). The van der Waals surface area contributed by atoms with Crippen LogP contribution in [0.2, 0.25) is 0 Å². The molecule has 2 N–H and O–H groups in total. The summed E-state index contributed by atoms with van der Waals surface area (Å²) in [7, 11) is 1.43. The second kappa shape index (κ2) is 10.3. The number of ether oxygens (including phenoxy) is 1. The summed E-state index contributed by atoms with van der Waals surface area (Å²) in [5, 5.41) is 10.1. The molecular weight excluding hydrogens is 479 g/mol. The molecule has 4 heterocycles. The average Bonchev–Trinajstić information content (AvgIpc) is 3.54. The molecule has 0 aliphatic carbocycles. The molecule has 2 fully saturated rings. The molecule has 10 heteroatoms. The third-order valence-electron chi connectivity index (χ3n) is 7.28. The minimum absolute atomic E-state index is 0.125. The molecule has 0 spiro atoms. The number of piperidine rings is 1. The number of pyridine rings is 1. The molecule has 0 saturated carbocycles. The third kappa shape index (κ3) is 5.06. The van der Waals surface area contributed by atoms with Gasteiger partial charge in [0.1, 0.15) is 17.0 Å². The molecule has 0 bridgehead atoms. The molecule has 2 aliphatic rings. The van der Waals surface area contributed by atoms with Gasteiger partial charge in [-0.1, -0.05) is 12.1 Å². The molecule has 0 radical (unpaired) electrons. The Bertz CT molecular complexity index is 1330. The zero-order valence-electron chi connectivity index (χ0n) is 20.6. The lowest BCUT2D eigenvalue weighted by atomic mass is 9.90. The van der Waals surface area contributed by atoms with Gasteiger partial charge in [-0.3, -0.25) is 14.4 Å². The highest BCUT2D eigenvalue weighted by molar-refractivity contribution is 6.44. The van der Waals surface area contributed by atoms with E-state index in [-0.39, 0.29) is 35.3 Å². The summed E-state index contributed by atoms with van der Waals surface area (Å²) in [6, 6.07) is 8.08. The zero-order chi connectivity index (χ0) is 26.1. The maximum absolute atomic E-state index is 13.5. The van der Waals surface area contributed by atoms with Crippen molar-refractivity contribution in [3.63, 3.8) is 0 Å². The van der Waals surface area contributed by atoms with Gasteiger partial charge >= 0.3 is 0 Å². The number of aromatic nitrogens is 2. The van der Waals surface area contributed by atoms with E-state index in [1.165, 1.54) is 30.3 Å². The van der Waals surface area contributed by atoms with Crippen LogP contribution >= 0.6 is 0 Å². The van der Waals surface area contributed by atoms with Gasteiger partial charge in [0, 0.05) is 37.8 Å². The normalized spacial score (nSPS) is 18.4. The SMILES string of the molecule is COc1nc2[nH]cc(C(=O)C(=O)N3CCC(O)C3)c2cc1C(=O)N1CCC(Cc2ccc(F)cc2)CC1. The number of nitrogens with one attached hydrogen (secondary N) is 1. The molecule has 2 aromatic heterocycles. The highest BCUT2D eigenvalue weighted by Gasteiger charge is 2.32. The van der Waals surface area contributed by atoms with E-state index in [1.807, 2.05) is 0 Å². The highest BCUT2D eigenvalue weighted by atomic mass is 19.1. The Hall–Kier alpha value is -3.79. The molecular formula is C27H29FN4O5. The van der Waals surface area contributed by atoms with Crippen LogP contribution in [0.15, 0.2) is 36.5 Å². The van der Waals surface area contributed by atoms with E-state index in [9.17, 15) is 23.9 Å². The van der Waals surface area contributed by atoms with E-state index in [0.29, 0.717) is 43.0 Å². The number of aromatic amines is 1. The number of H-pyrrole nitrogens is 1. The number of Topliss-reactive ketones (excluding diaryl/α,β-unsaturated/α-hetero) is 1. The number of likely N-dealkylation sites (tertiary alicyclic amines) is 2. The molecule has 1 aromatic carbocycles. The Labute approximate surface area is 213 Å². The maximum Gasteiger partial charge on any atom is 0.295 e. The molecule has 2 saturated heterocycles. The Morgan fingerprint density at radius 2 is 1.78 bits per heavy atom. The minimum Gasteiger partial charge on any atom is -0.480 e. The zero-order valence-corrected chi connectivity index (χ0v) is 20.6. The quantitative estimate of drug-likeness (QED) is 0.391. The number of carbonyl (C=O) groups is 3. The van der Waals surface area contributed by atoms with Gasteiger partial charge in [-0.15, -0.1) is 0 Å². The van der Waals surface area contributed by atoms with Crippen molar-refractivity contribution >= 4 is 28.6 Å². The predicted octanol–water partition coefficient (Wildman–Crippen LogP) is 2.58. The van der Waals surface area contributed by atoms with Crippen LogP contribution in [0, 0.1) is 11.7 Å². The molecule has 1 atom stereocenters. The van der Waals surface area contributed by atoms with Crippen LogP contribution in [0.5, 0.6) is 5.88 Å². The first-order valence-electron chi connectivity index (χ1n) is 12.5. The largest absolute Gasteiger partial charge is 0.480 e. The third-order valence-corrected chi connectivity index (χ3v) is 7.28. The Morgan fingerprint density at radius 1 is 1.08 bits per heavy atom. The van der Waals surface area contributed by atoms with E-state index in [0.717, 1.165) is 24.8 Å². The van der Waals surface area contributed by atoms with E-state index >= 15 is 0 Å². The van der Waals surface area contributed by atoms with Crippen LogP contribution in [0.25, 0.3) is 11.0 Å². The Kier molecular flexibility index (Phi) is 6.92. The summed E-state index contributed by atoms with van der Waals surface area (Å²) < 4.78 is 18.6. The fourth-order valence-electron chi connectivity index (χ4n) is 5.18. The van der Waals surface area contributed by atoms with Crippen molar-refractivity contribution in [1.29, 1.82) is 0 Å². The average molecular weight is 509 g/mol. The summed E-state index contributed by atoms with van der Waals surface area (Å²) >= 11 is 0. The van der Waals surface area contributed by atoms with Gasteiger partial charge in [0.15, 0.2) is 0 Å². The van der Waals surface area contributed by atoms with Gasteiger partial charge < -0.3 is 24.6 Å². The number of halogens is 1. The van der Waals surface area contributed by atoms with Crippen LogP contribution < -0.4 is 4.74 Å². The van der Waals surface area contributed by atoms with Crippen LogP contribution in [-0.4, -0.2) is 81.9 Å². The fraction of sp³-hybridized carbons (Fsp3) is 0.407. The molecule has 1 unspecified atom stereocenters. The number of hydrogen-bond acceptors (Lipinski definition) is 6. The monoisotopic (exact) mass is 508 g/mol. The van der Waals surface area contributed by atoms with Crippen LogP contribution in [0.4, 0.5) is 4.39 Å². The number of carbonyl (C=O) groups excluding carboxylic acids is 3. The second-order valence-electron chi connectivity index (χ2n) is 9.73. The second-order valence-corrected chi connectivity index (χ2v) is 9.73. The molecule has 9 nitrogen and oxygen atoms in total. The van der Waals surface area contributed by atoms with E-state index < -0.39 is 17.8 Å². The first kappa shape index (κ1) is 24.9. The molecule has 37 heavy (non-hydrogen) atoms. The van der Waals surface area contributed by atoms with Gasteiger partial charge in [-0.25, -0.2) is 4.39 Å². The number of benzene rings is 1. The first-order valence-corrected chi connectivity index (χ1v) is 12.5. The van der Waals surface area contributed by atoms with Crippen molar-refractivity contribution in [2.45, 2.75) is 31.8 Å². The Balaban J connectivity index is 1.32. The van der Waals surface area contributed by atoms with Gasteiger partial charge in [-0.05, 0) is 55.4 Å². The van der Waals surface area contributed by atoms with Crippen molar-refractivity contribution in [3.8, 4) is 5.88 Å². The summed E-state index contributed by atoms with van der Waals surface area (Å²) in [5.41, 5.74) is 1.77. The Morgan fingerprint density at radius 3 is 2.43 bits per heavy atom. The van der Waals surface area contributed by atoms with Crippen molar-refractivity contribution in [2.75, 3.05) is 33.3 Å². The van der Waals surface area contributed by atoms with Crippen molar-refractivity contribution in [1.82, 2.24) is 19.8 Å². The number of ketones is 1. The molecule has 2 amide bonds. The number of amides is 2. The highest BCUT2D eigenvalue weighted by Crippen LogP contribution is 2.29. The van der Waals surface area contributed by atoms with Crippen LogP contribution in [-0.2, 0) is 11.2 Å². The fourth-order valence-corrected chi connectivity index (χ4v) is 5.18. The lowest BCUT2D eigenvalue weighted by molar-refractivity contribution is -0.125. The van der Waals surface area contributed by atoms with Crippen LogP contribution in [0.1, 0.15) is 45.5 Å². The van der Waals surface area contributed by atoms with Crippen molar-refractivity contribution in [3.05, 3.63) is 59.0 Å². The number of aliphatic hydroxyl groups is 1. The van der Waals surface area contributed by atoms with Gasteiger partial charge in [0.25, 0.3) is 17.6 Å². The van der Waals surface area contributed by atoms with Gasteiger partial charge in [-0.2, -0.15) is 4.98 Å². The van der Waals surface area contributed by atoms with Gasteiger partial charge in [0.05, 0.1) is 18.8 Å². The number of fused-ring (bicyclic) bond motifs is 1. The van der Waals surface area contributed by atoms with Crippen molar-refractivity contribution in [2.24, 2.45) is 5.92 Å². The maximum atomic E-state index is 13.5. The summed E-state index contributed by atoms with van der Waals surface area (Å²) in [4.78, 5) is 49.5. The number of methoxy groups -OCH3 is 1. The number of nitrogens with zero attached hydrogens (tertiary/aromatic N) is 3.